The van der Waals surface area contributed by atoms with E-state index in [4.69, 9.17) is 4.74 Å². The molecule has 0 heterocycles. The molecule has 6 heteroatoms. The zero-order valence-electron chi connectivity index (χ0n) is 8.86. The van der Waals surface area contributed by atoms with Gasteiger partial charge in [0.25, 0.3) is 0 Å². The van der Waals surface area contributed by atoms with Crippen molar-refractivity contribution in [2.45, 2.75) is 13.8 Å². The zero-order chi connectivity index (χ0) is 11.2. The number of hydrogen-bond acceptors (Lipinski definition) is 3. The summed E-state index contributed by atoms with van der Waals surface area (Å²) in [5.41, 5.74) is 0. The number of ether oxygens (including phenoxy) is 1. The number of alkyl halides is 1. The molecular formula is C8H18BrNO3S. The monoisotopic (exact) mass is 287 g/mol. The van der Waals surface area contributed by atoms with Gasteiger partial charge in [0.15, 0.2) is 0 Å². The minimum atomic E-state index is -3.16. The minimum Gasteiger partial charge on any atom is -0.383 e. The van der Waals surface area contributed by atoms with Crippen molar-refractivity contribution in [2.24, 2.45) is 5.92 Å². The SMILES string of the molecule is COCCN(CC(C)C)S(=O)(=O)CBr. The number of hydrogen-bond donors (Lipinski definition) is 0. The van der Waals surface area contributed by atoms with Crippen molar-refractivity contribution in [3.63, 3.8) is 0 Å². The normalized spacial score (nSPS) is 12.7. The molecule has 0 fully saturated rings. The van der Waals surface area contributed by atoms with E-state index in [1.807, 2.05) is 13.8 Å². The molecule has 0 rings (SSSR count). The Bertz CT molecular complexity index is 241. The Morgan fingerprint density at radius 2 is 2.00 bits per heavy atom. The molecule has 0 aliphatic heterocycles. The molecule has 0 aromatic carbocycles. The van der Waals surface area contributed by atoms with Gasteiger partial charge in [0.2, 0.25) is 10.0 Å². The summed E-state index contributed by atoms with van der Waals surface area (Å²) >= 11 is 2.98. The van der Waals surface area contributed by atoms with Crippen LogP contribution >= 0.6 is 15.9 Å². The summed E-state index contributed by atoms with van der Waals surface area (Å²) in [5.74, 6) is 0.320. The number of nitrogens with zero attached hydrogens (tertiary/aromatic N) is 1. The van der Waals surface area contributed by atoms with E-state index in [9.17, 15) is 8.42 Å². The molecular weight excluding hydrogens is 270 g/mol. The summed E-state index contributed by atoms with van der Waals surface area (Å²) in [4.78, 5) is 0. The third-order valence-electron chi connectivity index (χ3n) is 1.64. The van der Waals surface area contributed by atoms with Gasteiger partial charge in [0, 0.05) is 20.2 Å². The second kappa shape index (κ2) is 6.76. The van der Waals surface area contributed by atoms with Gasteiger partial charge in [-0.3, -0.25) is 0 Å². The van der Waals surface area contributed by atoms with E-state index in [-0.39, 0.29) is 4.66 Å². The minimum absolute atomic E-state index is 0.0313. The molecule has 14 heavy (non-hydrogen) atoms. The summed E-state index contributed by atoms with van der Waals surface area (Å²) in [5, 5.41) is 0. The van der Waals surface area contributed by atoms with Gasteiger partial charge < -0.3 is 4.74 Å². The molecule has 0 aromatic heterocycles. The van der Waals surface area contributed by atoms with Crippen molar-refractivity contribution < 1.29 is 13.2 Å². The molecule has 0 aliphatic rings. The summed E-state index contributed by atoms with van der Waals surface area (Å²) in [6, 6.07) is 0. The van der Waals surface area contributed by atoms with Crippen molar-refractivity contribution in [1.29, 1.82) is 0 Å². The Labute approximate surface area is 94.8 Å². The van der Waals surface area contributed by atoms with Crippen molar-refractivity contribution >= 4 is 26.0 Å². The molecule has 0 unspecified atom stereocenters. The maximum Gasteiger partial charge on any atom is 0.224 e. The first-order valence-corrected chi connectivity index (χ1v) is 7.19. The Kier molecular flexibility index (Phi) is 6.93. The van der Waals surface area contributed by atoms with Gasteiger partial charge in [-0.15, -0.1) is 0 Å². The number of halogens is 1. The van der Waals surface area contributed by atoms with Gasteiger partial charge in [-0.1, -0.05) is 29.8 Å². The average Bonchev–Trinajstić information content (AvgIpc) is 2.11. The predicted octanol–water partition coefficient (Wildman–Crippen LogP) is 1.27. The van der Waals surface area contributed by atoms with E-state index >= 15 is 0 Å². The molecule has 4 nitrogen and oxygen atoms in total. The molecule has 0 spiro atoms. The third kappa shape index (κ3) is 5.29. The lowest BCUT2D eigenvalue weighted by molar-refractivity contribution is 0.175. The fourth-order valence-electron chi connectivity index (χ4n) is 1.01. The van der Waals surface area contributed by atoms with Gasteiger partial charge in [0.1, 0.15) is 4.66 Å². The highest BCUT2D eigenvalue weighted by Gasteiger charge is 2.20. The quantitative estimate of drug-likeness (QED) is 0.663. The van der Waals surface area contributed by atoms with Gasteiger partial charge in [-0.25, -0.2) is 8.42 Å². The molecule has 86 valence electrons. The first-order valence-electron chi connectivity index (χ1n) is 4.46. The third-order valence-corrected chi connectivity index (χ3v) is 4.77. The van der Waals surface area contributed by atoms with E-state index in [2.05, 4.69) is 15.9 Å². The van der Waals surface area contributed by atoms with E-state index in [0.29, 0.717) is 25.6 Å². The first-order chi connectivity index (χ1) is 6.44. The average molecular weight is 288 g/mol. The molecule has 0 atom stereocenters. The number of rotatable bonds is 7. The lowest BCUT2D eigenvalue weighted by Crippen LogP contribution is -2.37. The summed E-state index contributed by atoms with van der Waals surface area (Å²) in [6.45, 7) is 5.37. The maximum absolute atomic E-state index is 11.6. The standard InChI is InChI=1S/C8H18BrNO3S/c1-8(2)6-10(4-5-13-3)14(11,12)7-9/h8H,4-7H2,1-3H3. The molecule has 0 aromatic rings. The highest BCUT2D eigenvalue weighted by molar-refractivity contribution is 9.10. The van der Waals surface area contributed by atoms with Crippen molar-refractivity contribution in [3.05, 3.63) is 0 Å². The highest BCUT2D eigenvalue weighted by atomic mass is 79.9. The largest absolute Gasteiger partial charge is 0.383 e. The van der Waals surface area contributed by atoms with Crippen LogP contribution < -0.4 is 0 Å². The van der Waals surface area contributed by atoms with Crippen LogP contribution in [0.25, 0.3) is 0 Å². The summed E-state index contributed by atoms with van der Waals surface area (Å²) < 4.78 is 29.4. The lowest BCUT2D eigenvalue weighted by atomic mass is 10.2. The molecule has 0 radical (unpaired) electrons. The lowest BCUT2D eigenvalue weighted by Gasteiger charge is -2.22. The van der Waals surface area contributed by atoms with Crippen molar-refractivity contribution in [1.82, 2.24) is 4.31 Å². The van der Waals surface area contributed by atoms with Gasteiger partial charge in [-0.2, -0.15) is 4.31 Å². The van der Waals surface area contributed by atoms with Gasteiger partial charge in [-0.05, 0) is 5.92 Å². The fraction of sp³-hybridized carbons (Fsp3) is 1.00. The van der Waals surface area contributed by atoms with Crippen LogP contribution in [0.4, 0.5) is 0 Å². The molecule has 0 saturated carbocycles. The second-order valence-electron chi connectivity index (χ2n) is 3.47. The highest BCUT2D eigenvalue weighted by Crippen LogP contribution is 2.08. The maximum atomic E-state index is 11.6. The van der Waals surface area contributed by atoms with Crippen LogP contribution in [0.2, 0.25) is 0 Å². The Hall–Kier alpha value is 0.350. The van der Waals surface area contributed by atoms with Gasteiger partial charge in [0.05, 0.1) is 6.61 Å². The summed E-state index contributed by atoms with van der Waals surface area (Å²) in [7, 11) is -1.59. The van der Waals surface area contributed by atoms with E-state index in [1.165, 1.54) is 4.31 Å². The fourth-order valence-corrected chi connectivity index (χ4v) is 2.90. The van der Waals surface area contributed by atoms with Crippen LogP contribution in [0.5, 0.6) is 0 Å². The second-order valence-corrected chi connectivity index (χ2v) is 6.74. The van der Waals surface area contributed by atoms with Crippen LogP contribution in [0.15, 0.2) is 0 Å². The number of sulfonamides is 1. The topological polar surface area (TPSA) is 46.6 Å². The smallest absolute Gasteiger partial charge is 0.224 e. The molecule has 0 amide bonds. The van der Waals surface area contributed by atoms with E-state index in [1.54, 1.807) is 7.11 Å². The van der Waals surface area contributed by atoms with Crippen LogP contribution in [0.1, 0.15) is 13.8 Å². The first kappa shape index (κ1) is 14.3. The van der Waals surface area contributed by atoms with E-state index in [0.717, 1.165) is 0 Å². The molecule has 0 N–H and O–H groups in total. The Morgan fingerprint density at radius 3 is 2.36 bits per heavy atom. The molecule has 0 aliphatic carbocycles. The van der Waals surface area contributed by atoms with Crippen LogP contribution in [0.3, 0.4) is 0 Å². The van der Waals surface area contributed by atoms with Crippen LogP contribution in [-0.4, -0.2) is 44.2 Å². The van der Waals surface area contributed by atoms with Gasteiger partial charge >= 0.3 is 0 Å². The van der Waals surface area contributed by atoms with Crippen molar-refractivity contribution in [3.8, 4) is 0 Å². The van der Waals surface area contributed by atoms with Crippen LogP contribution in [0, 0.1) is 5.92 Å². The molecule has 0 bridgehead atoms. The van der Waals surface area contributed by atoms with Crippen molar-refractivity contribution in [2.75, 3.05) is 31.5 Å². The Balaban J connectivity index is 4.39. The Morgan fingerprint density at radius 1 is 1.43 bits per heavy atom. The number of methoxy groups -OCH3 is 1. The molecule has 0 saturated heterocycles. The summed E-state index contributed by atoms with van der Waals surface area (Å²) in [6.07, 6.45) is 0. The zero-order valence-corrected chi connectivity index (χ0v) is 11.3. The van der Waals surface area contributed by atoms with Crippen LogP contribution in [-0.2, 0) is 14.8 Å². The van der Waals surface area contributed by atoms with E-state index < -0.39 is 10.0 Å². The predicted molar refractivity (Wildman–Crippen MR) is 61.0 cm³/mol.